The monoisotopic (exact) mass is 638 g/mol. The van der Waals surface area contributed by atoms with E-state index in [-0.39, 0.29) is 0 Å². The van der Waals surface area contributed by atoms with Crippen molar-refractivity contribution < 1.29 is 8.83 Å². The third-order valence-corrected chi connectivity index (χ3v) is 10.7. The normalized spacial score (nSPS) is 12.4. The van der Waals surface area contributed by atoms with Gasteiger partial charge in [0.1, 0.15) is 22.3 Å². The van der Waals surface area contributed by atoms with Gasteiger partial charge in [0, 0.05) is 43.7 Å². The maximum atomic E-state index is 7.14. The van der Waals surface area contributed by atoms with Crippen LogP contribution in [0.25, 0.3) is 110 Å². The van der Waals surface area contributed by atoms with Crippen LogP contribution in [-0.2, 0) is 0 Å². The Morgan fingerprint density at radius 3 is 1.56 bits per heavy atom. The van der Waals surface area contributed by atoms with E-state index >= 15 is 0 Å². The Morgan fingerprint density at radius 1 is 0.320 bits per heavy atom. The molecule has 4 heteroatoms. The van der Waals surface area contributed by atoms with Gasteiger partial charge in [-0.2, -0.15) is 0 Å². The average Bonchev–Trinajstić information content (AvgIpc) is 3.91. The minimum atomic E-state index is 0.891. The standard InChI is InChI=1S/C46H26N2O2/c1-2-10-28-25-29(18-17-27(28)9-1)47-37-14-6-3-12-34(37)43-39(47)22-20-32-33-21-23-40-44(46(33)50-45(32)43)35-13-4-7-15-38(35)48(40)30-19-24-42-36(26-30)31-11-5-8-16-41(31)49-42/h1-26H. The SMILES string of the molecule is c1ccc2cc(-n3c4ccccc4c4c5oc6c(ccc7c6c6ccccc6n7-c6ccc7oc8ccccc8c7c6)c5ccc43)ccc2c1. The molecule has 0 aliphatic carbocycles. The van der Waals surface area contributed by atoms with Crippen molar-refractivity contribution in [2.75, 3.05) is 0 Å². The third-order valence-electron chi connectivity index (χ3n) is 10.7. The molecule has 0 N–H and O–H groups in total. The van der Waals surface area contributed by atoms with Gasteiger partial charge in [-0.25, -0.2) is 0 Å². The second kappa shape index (κ2) is 9.43. The molecule has 50 heavy (non-hydrogen) atoms. The molecule has 12 aromatic rings. The fourth-order valence-corrected chi connectivity index (χ4v) is 8.52. The van der Waals surface area contributed by atoms with Crippen molar-refractivity contribution in [2.45, 2.75) is 0 Å². The van der Waals surface area contributed by atoms with E-state index in [4.69, 9.17) is 8.83 Å². The summed E-state index contributed by atoms with van der Waals surface area (Å²) in [6, 6.07) is 56.3. The summed E-state index contributed by atoms with van der Waals surface area (Å²) in [7, 11) is 0. The highest BCUT2D eigenvalue weighted by molar-refractivity contribution is 6.29. The van der Waals surface area contributed by atoms with Gasteiger partial charge >= 0.3 is 0 Å². The molecule has 0 aliphatic heterocycles. The summed E-state index contributed by atoms with van der Waals surface area (Å²) in [4.78, 5) is 0. The molecular formula is C46H26N2O2. The molecule has 4 heterocycles. The first-order chi connectivity index (χ1) is 24.8. The lowest BCUT2D eigenvalue weighted by atomic mass is 10.1. The van der Waals surface area contributed by atoms with Crippen LogP contribution < -0.4 is 0 Å². The summed E-state index contributed by atoms with van der Waals surface area (Å²) in [5.41, 5.74) is 10.4. The van der Waals surface area contributed by atoms with Gasteiger partial charge in [0.2, 0.25) is 0 Å². The number of fused-ring (bicyclic) bond motifs is 15. The lowest BCUT2D eigenvalue weighted by molar-refractivity contribution is 0.669. The first-order valence-electron chi connectivity index (χ1n) is 17.0. The lowest BCUT2D eigenvalue weighted by Crippen LogP contribution is -1.93. The maximum Gasteiger partial charge on any atom is 0.145 e. The highest BCUT2D eigenvalue weighted by atomic mass is 16.3. The molecule has 0 bridgehead atoms. The minimum absolute atomic E-state index is 0.891. The van der Waals surface area contributed by atoms with Gasteiger partial charge in [-0.05, 0) is 83.6 Å². The molecule has 8 aromatic carbocycles. The van der Waals surface area contributed by atoms with Crippen LogP contribution in [0.5, 0.6) is 0 Å². The molecule has 4 nitrogen and oxygen atoms in total. The molecule has 0 saturated carbocycles. The summed E-state index contributed by atoms with van der Waals surface area (Å²) in [5.74, 6) is 0. The van der Waals surface area contributed by atoms with Gasteiger partial charge in [0.15, 0.2) is 0 Å². The second-order valence-electron chi connectivity index (χ2n) is 13.3. The van der Waals surface area contributed by atoms with Crippen LogP contribution >= 0.6 is 0 Å². The van der Waals surface area contributed by atoms with Crippen molar-refractivity contribution >= 4 is 98.3 Å². The number of para-hydroxylation sites is 3. The van der Waals surface area contributed by atoms with Crippen LogP contribution in [0, 0.1) is 0 Å². The van der Waals surface area contributed by atoms with Crippen LogP contribution in [0.4, 0.5) is 0 Å². The summed E-state index contributed by atoms with van der Waals surface area (Å²) < 4.78 is 18.1. The van der Waals surface area contributed by atoms with Crippen molar-refractivity contribution in [2.24, 2.45) is 0 Å². The first kappa shape index (κ1) is 26.2. The molecule has 12 rings (SSSR count). The molecule has 0 unspecified atom stereocenters. The first-order valence-corrected chi connectivity index (χ1v) is 17.0. The van der Waals surface area contributed by atoms with Gasteiger partial charge in [0.25, 0.3) is 0 Å². The van der Waals surface area contributed by atoms with E-state index in [1.807, 2.05) is 12.1 Å². The lowest BCUT2D eigenvalue weighted by Gasteiger charge is -2.09. The smallest absolute Gasteiger partial charge is 0.145 e. The molecule has 0 radical (unpaired) electrons. The Morgan fingerprint density at radius 2 is 0.860 bits per heavy atom. The van der Waals surface area contributed by atoms with Gasteiger partial charge in [-0.15, -0.1) is 0 Å². The van der Waals surface area contributed by atoms with E-state index in [0.717, 1.165) is 88.1 Å². The second-order valence-corrected chi connectivity index (χ2v) is 13.3. The van der Waals surface area contributed by atoms with Gasteiger partial charge in [-0.3, -0.25) is 0 Å². The van der Waals surface area contributed by atoms with Crippen LogP contribution in [0.1, 0.15) is 0 Å². The molecule has 4 aromatic heterocycles. The highest BCUT2D eigenvalue weighted by Gasteiger charge is 2.22. The van der Waals surface area contributed by atoms with E-state index in [9.17, 15) is 0 Å². The van der Waals surface area contributed by atoms with E-state index in [1.165, 1.54) is 21.5 Å². The number of hydrogen-bond acceptors (Lipinski definition) is 2. The van der Waals surface area contributed by atoms with Crippen molar-refractivity contribution in [1.29, 1.82) is 0 Å². The zero-order valence-corrected chi connectivity index (χ0v) is 26.7. The Labute approximate surface area is 284 Å². The zero-order valence-electron chi connectivity index (χ0n) is 26.7. The van der Waals surface area contributed by atoms with Gasteiger partial charge < -0.3 is 18.0 Å². The van der Waals surface area contributed by atoms with Crippen molar-refractivity contribution in [1.82, 2.24) is 9.13 Å². The molecule has 0 aliphatic rings. The number of nitrogens with zero attached hydrogens (tertiary/aromatic N) is 2. The fraction of sp³-hybridized carbons (Fsp3) is 0. The van der Waals surface area contributed by atoms with E-state index in [2.05, 4.69) is 155 Å². The van der Waals surface area contributed by atoms with Crippen molar-refractivity contribution in [3.05, 3.63) is 158 Å². The molecule has 0 spiro atoms. The van der Waals surface area contributed by atoms with Gasteiger partial charge in [0.05, 0.1) is 32.8 Å². The van der Waals surface area contributed by atoms with E-state index in [1.54, 1.807) is 0 Å². The largest absolute Gasteiger partial charge is 0.456 e. The number of benzene rings is 8. The minimum Gasteiger partial charge on any atom is -0.456 e. The van der Waals surface area contributed by atoms with E-state index < -0.39 is 0 Å². The molecular weight excluding hydrogens is 613 g/mol. The van der Waals surface area contributed by atoms with E-state index in [0.29, 0.717) is 0 Å². The Bertz CT molecular complexity index is 3390. The summed E-state index contributed by atoms with van der Waals surface area (Å²) in [6.07, 6.45) is 0. The van der Waals surface area contributed by atoms with Crippen LogP contribution in [0.2, 0.25) is 0 Å². The van der Waals surface area contributed by atoms with Gasteiger partial charge in [-0.1, -0.05) is 84.9 Å². The van der Waals surface area contributed by atoms with Crippen LogP contribution in [0.3, 0.4) is 0 Å². The fourth-order valence-electron chi connectivity index (χ4n) is 8.52. The quantitative estimate of drug-likeness (QED) is 0.189. The van der Waals surface area contributed by atoms with Crippen LogP contribution in [-0.4, -0.2) is 9.13 Å². The third kappa shape index (κ3) is 3.34. The Kier molecular flexibility index (Phi) is 4.94. The number of rotatable bonds is 2. The van der Waals surface area contributed by atoms with Crippen molar-refractivity contribution in [3.63, 3.8) is 0 Å². The number of hydrogen-bond donors (Lipinski definition) is 0. The maximum absolute atomic E-state index is 7.14. The summed E-state index contributed by atoms with van der Waals surface area (Å²) in [6.45, 7) is 0. The number of furan rings is 2. The predicted molar refractivity (Wildman–Crippen MR) is 207 cm³/mol. The molecule has 232 valence electrons. The average molecular weight is 639 g/mol. The predicted octanol–water partition coefficient (Wildman–Crippen LogP) is 12.8. The molecule has 0 fully saturated rings. The summed E-state index contributed by atoms with van der Waals surface area (Å²) in [5, 5.41) is 11.5. The van der Waals surface area contributed by atoms with Crippen molar-refractivity contribution in [3.8, 4) is 11.4 Å². The zero-order chi connectivity index (χ0) is 32.5. The van der Waals surface area contributed by atoms with Crippen LogP contribution in [0.15, 0.2) is 167 Å². The number of aromatic nitrogens is 2. The molecule has 0 saturated heterocycles. The molecule has 0 amide bonds. The topological polar surface area (TPSA) is 36.1 Å². The Balaban J connectivity index is 1.17. The Hall–Kier alpha value is -6.78. The summed E-state index contributed by atoms with van der Waals surface area (Å²) >= 11 is 0. The highest BCUT2D eigenvalue weighted by Crippen LogP contribution is 2.45. The molecule has 0 atom stereocenters.